The van der Waals surface area contributed by atoms with Gasteiger partial charge in [0.15, 0.2) is 0 Å². The van der Waals surface area contributed by atoms with Gasteiger partial charge in [0.25, 0.3) is 5.56 Å². The summed E-state index contributed by atoms with van der Waals surface area (Å²) in [5.41, 5.74) is 0.686. The summed E-state index contributed by atoms with van der Waals surface area (Å²) in [5.74, 6) is 0.175. The highest BCUT2D eigenvalue weighted by Crippen LogP contribution is 2.17. The lowest BCUT2D eigenvalue weighted by atomic mass is 9.94. The molecular formula is C17H21N3O2. The van der Waals surface area contributed by atoms with Crippen LogP contribution in [0.5, 0.6) is 0 Å². The van der Waals surface area contributed by atoms with E-state index < -0.39 is 0 Å². The van der Waals surface area contributed by atoms with Gasteiger partial charge in [0.2, 0.25) is 5.91 Å². The number of aromatic nitrogens is 2. The first-order valence-corrected chi connectivity index (χ1v) is 7.74. The van der Waals surface area contributed by atoms with Gasteiger partial charge < -0.3 is 14.5 Å². The van der Waals surface area contributed by atoms with E-state index in [1.807, 2.05) is 29.9 Å². The SMILES string of the molecule is Cn1ccc2ccn(CCNC(=O)[C@H]3CC=CCC3)c(=O)c21. The van der Waals surface area contributed by atoms with Crippen LogP contribution >= 0.6 is 0 Å². The van der Waals surface area contributed by atoms with Crippen LogP contribution in [-0.2, 0) is 18.4 Å². The number of hydrogen-bond donors (Lipinski definition) is 1. The predicted octanol–water partition coefficient (Wildman–Crippen LogP) is 1.81. The van der Waals surface area contributed by atoms with Crippen LogP contribution in [0.4, 0.5) is 0 Å². The van der Waals surface area contributed by atoms with Gasteiger partial charge in [-0.3, -0.25) is 9.59 Å². The maximum Gasteiger partial charge on any atom is 0.275 e. The third-order valence-electron chi connectivity index (χ3n) is 4.29. The maximum atomic E-state index is 12.4. The first-order chi connectivity index (χ1) is 10.7. The Labute approximate surface area is 129 Å². The van der Waals surface area contributed by atoms with Gasteiger partial charge in [0.05, 0.1) is 0 Å². The van der Waals surface area contributed by atoms with Gasteiger partial charge in [-0.15, -0.1) is 0 Å². The van der Waals surface area contributed by atoms with Crippen molar-refractivity contribution in [3.8, 4) is 0 Å². The first-order valence-electron chi connectivity index (χ1n) is 7.74. The number of fused-ring (bicyclic) bond motifs is 1. The van der Waals surface area contributed by atoms with Crippen molar-refractivity contribution < 1.29 is 4.79 Å². The Morgan fingerprint density at radius 3 is 2.91 bits per heavy atom. The van der Waals surface area contributed by atoms with E-state index in [2.05, 4.69) is 17.5 Å². The number of nitrogens with zero attached hydrogens (tertiary/aromatic N) is 2. The van der Waals surface area contributed by atoms with Gasteiger partial charge in [-0.25, -0.2) is 0 Å². The Bertz CT molecular complexity index is 770. The lowest BCUT2D eigenvalue weighted by Crippen LogP contribution is -2.35. The molecule has 22 heavy (non-hydrogen) atoms. The predicted molar refractivity (Wildman–Crippen MR) is 86.7 cm³/mol. The first kappa shape index (κ1) is 14.6. The van der Waals surface area contributed by atoms with Crippen LogP contribution in [0.25, 0.3) is 10.9 Å². The number of pyridine rings is 1. The Kier molecular flexibility index (Phi) is 4.13. The molecule has 0 unspecified atom stereocenters. The zero-order valence-electron chi connectivity index (χ0n) is 12.8. The van der Waals surface area contributed by atoms with E-state index in [1.165, 1.54) is 0 Å². The van der Waals surface area contributed by atoms with Crippen LogP contribution < -0.4 is 10.9 Å². The Morgan fingerprint density at radius 2 is 2.14 bits per heavy atom. The Hall–Kier alpha value is -2.30. The molecule has 0 saturated carbocycles. The zero-order chi connectivity index (χ0) is 15.5. The van der Waals surface area contributed by atoms with Gasteiger partial charge in [-0.2, -0.15) is 0 Å². The number of aryl methyl sites for hydroxylation is 1. The molecule has 1 N–H and O–H groups in total. The molecule has 0 aromatic carbocycles. The Balaban J connectivity index is 1.63. The molecule has 116 valence electrons. The molecule has 5 nitrogen and oxygen atoms in total. The van der Waals surface area contributed by atoms with Crippen molar-refractivity contribution >= 4 is 16.8 Å². The van der Waals surface area contributed by atoms with Crippen LogP contribution in [0.15, 0.2) is 41.5 Å². The fraction of sp³-hybridized carbons (Fsp3) is 0.412. The molecule has 0 fully saturated rings. The molecule has 2 aromatic heterocycles. The molecule has 1 aliphatic rings. The third kappa shape index (κ3) is 2.84. The average molecular weight is 299 g/mol. The second-order valence-electron chi connectivity index (χ2n) is 5.82. The molecule has 1 atom stereocenters. The number of carbonyl (C=O) groups is 1. The molecule has 0 radical (unpaired) electrons. The summed E-state index contributed by atoms with van der Waals surface area (Å²) in [6.45, 7) is 0.975. The van der Waals surface area contributed by atoms with Crippen LogP contribution in [-0.4, -0.2) is 21.6 Å². The van der Waals surface area contributed by atoms with Crippen molar-refractivity contribution in [1.82, 2.24) is 14.5 Å². The number of hydrogen-bond acceptors (Lipinski definition) is 2. The summed E-state index contributed by atoms with van der Waals surface area (Å²) in [6.07, 6.45) is 10.6. The lowest BCUT2D eigenvalue weighted by Gasteiger charge is -2.17. The van der Waals surface area contributed by atoms with E-state index in [9.17, 15) is 9.59 Å². The van der Waals surface area contributed by atoms with Crippen LogP contribution in [0.3, 0.4) is 0 Å². The number of nitrogens with one attached hydrogen (secondary N) is 1. The van der Waals surface area contributed by atoms with Crippen LogP contribution in [0.1, 0.15) is 19.3 Å². The molecule has 0 spiro atoms. The summed E-state index contributed by atoms with van der Waals surface area (Å²) in [4.78, 5) is 24.5. The average Bonchev–Trinajstić information content (AvgIpc) is 2.92. The molecule has 0 aliphatic heterocycles. The normalized spacial score (nSPS) is 17.8. The quantitative estimate of drug-likeness (QED) is 0.875. The van der Waals surface area contributed by atoms with Crippen LogP contribution in [0.2, 0.25) is 0 Å². The monoisotopic (exact) mass is 299 g/mol. The van der Waals surface area contributed by atoms with Gasteiger partial charge >= 0.3 is 0 Å². The summed E-state index contributed by atoms with van der Waals surface area (Å²) >= 11 is 0. The van der Waals surface area contributed by atoms with Gasteiger partial charge in [0, 0.05) is 43.8 Å². The smallest absolute Gasteiger partial charge is 0.275 e. The van der Waals surface area contributed by atoms with Crippen molar-refractivity contribution in [2.24, 2.45) is 13.0 Å². The molecule has 0 bridgehead atoms. The number of amides is 1. The van der Waals surface area contributed by atoms with Crippen molar-refractivity contribution in [3.05, 3.63) is 47.0 Å². The fourth-order valence-electron chi connectivity index (χ4n) is 2.98. The zero-order valence-corrected chi connectivity index (χ0v) is 12.8. The molecule has 5 heteroatoms. The maximum absolute atomic E-state index is 12.4. The standard InChI is InChI=1S/C17H21N3O2/c1-19-10-7-13-8-11-20(17(22)15(13)19)12-9-18-16(21)14-5-3-2-4-6-14/h2-3,7-8,10-11,14H,4-6,9,12H2,1H3,(H,18,21)/t14-/m0/s1. The fourth-order valence-corrected chi connectivity index (χ4v) is 2.98. The van der Waals surface area contributed by atoms with E-state index in [1.54, 1.807) is 10.8 Å². The van der Waals surface area contributed by atoms with Gasteiger partial charge in [-0.05, 0) is 31.4 Å². The third-order valence-corrected chi connectivity index (χ3v) is 4.29. The molecule has 3 rings (SSSR count). The topological polar surface area (TPSA) is 56.0 Å². The van der Waals surface area contributed by atoms with E-state index >= 15 is 0 Å². The van der Waals surface area contributed by atoms with E-state index in [0.717, 1.165) is 24.6 Å². The highest BCUT2D eigenvalue weighted by molar-refractivity contribution is 5.79. The molecule has 2 heterocycles. The Morgan fingerprint density at radius 1 is 1.32 bits per heavy atom. The van der Waals surface area contributed by atoms with Crippen molar-refractivity contribution in [2.75, 3.05) is 6.54 Å². The van der Waals surface area contributed by atoms with Crippen molar-refractivity contribution in [2.45, 2.75) is 25.8 Å². The summed E-state index contributed by atoms with van der Waals surface area (Å²) in [5, 5.41) is 3.89. The highest BCUT2D eigenvalue weighted by atomic mass is 16.2. The highest BCUT2D eigenvalue weighted by Gasteiger charge is 2.18. The van der Waals surface area contributed by atoms with E-state index in [4.69, 9.17) is 0 Å². The number of carbonyl (C=O) groups excluding carboxylic acids is 1. The minimum absolute atomic E-state index is 0.0140. The largest absolute Gasteiger partial charge is 0.354 e. The molecule has 1 aliphatic carbocycles. The lowest BCUT2D eigenvalue weighted by molar-refractivity contribution is -0.125. The number of rotatable bonds is 4. The summed E-state index contributed by atoms with van der Waals surface area (Å²) in [6, 6.07) is 3.87. The van der Waals surface area contributed by atoms with Crippen LogP contribution in [0, 0.1) is 5.92 Å². The van der Waals surface area contributed by atoms with Gasteiger partial charge in [0.1, 0.15) is 5.52 Å². The van der Waals surface area contributed by atoms with E-state index in [0.29, 0.717) is 18.6 Å². The second kappa shape index (κ2) is 6.22. The van der Waals surface area contributed by atoms with Gasteiger partial charge in [-0.1, -0.05) is 12.2 Å². The molecule has 2 aromatic rings. The number of allylic oxidation sites excluding steroid dienone is 2. The molecule has 1 amide bonds. The van der Waals surface area contributed by atoms with E-state index in [-0.39, 0.29) is 17.4 Å². The summed E-state index contributed by atoms with van der Waals surface area (Å²) in [7, 11) is 1.87. The molecule has 0 saturated heterocycles. The minimum Gasteiger partial charge on any atom is -0.354 e. The van der Waals surface area contributed by atoms with Crippen molar-refractivity contribution in [3.63, 3.8) is 0 Å². The van der Waals surface area contributed by atoms with Crippen molar-refractivity contribution in [1.29, 1.82) is 0 Å². The minimum atomic E-state index is -0.0140. The second-order valence-corrected chi connectivity index (χ2v) is 5.82. The summed E-state index contributed by atoms with van der Waals surface area (Å²) < 4.78 is 3.49. The molecular weight excluding hydrogens is 278 g/mol.